The van der Waals surface area contributed by atoms with Crippen LogP contribution in [0.1, 0.15) is 71.3 Å². The summed E-state index contributed by atoms with van der Waals surface area (Å²) in [6, 6.07) is 6.62. The van der Waals surface area contributed by atoms with E-state index in [1.807, 2.05) is 43.3 Å². The van der Waals surface area contributed by atoms with Crippen molar-refractivity contribution in [1.82, 2.24) is 21.3 Å². The molecule has 1 saturated carbocycles. The van der Waals surface area contributed by atoms with Gasteiger partial charge in [-0.05, 0) is 37.7 Å². The molecule has 4 N–H and O–H groups in total. The summed E-state index contributed by atoms with van der Waals surface area (Å²) in [7, 11) is 0. The normalized spacial score (nSPS) is 25.4. The largest absolute Gasteiger partial charge is 0.492 e. The van der Waals surface area contributed by atoms with Crippen molar-refractivity contribution in [1.29, 1.82) is 0 Å². The maximum Gasteiger partial charge on any atom is 0.246 e. The number of benzene rings is 1. The molecule has 0 aromatic heterocycles. The predicted octanol–water partition coefficient (Wildman–Crippen LogP) is 2.93. The number of amides is 3. The summed E-state index contributed by atoms with van der Waals surface area (Å²) in [5.41, 5.74) is -0.0775. The molecular formula is C28H42N4O4. The van der Waals surface area contributed by atoms with Crippen LogP contribution in [0.2, 0.25) is 0 Å². The van der Waals surface area contributed by atoms with Crippen molar-refractivity contribution >= 4 is 23.8 Å². The van der Waals surface area contributed by atoms with E-state index in [-0.39, 0.29) is 17.7 Å². The maximum atomic E-state index is 13.5. The summed E-state index contributed by atoms with van der Waals surface area (Å²) in [5, 5.41) is 12.3. The van der Waals surface area contributed by atoms with Crippen molar-refractivity contribution in [3.05, 3.63) is 35.9 Å². The average molecular weight is 499 g/mol. The van der Waals surface area contributed by atoms with Gasteiger partial charge in [-0.2, -0.15) is 0 Å². The lowest BCUT2D eigenvalue weighted by molar-refractivity contribution is -0.136. The van der Waals surface area contributed by atoms with Gasteiger partial charge in [0.25, 0.3) is 0 Å². The molecule has 3 atom stereocenters. The number of rotatable bonds is 4. The summed E-state index contributed by atoms with van der Waals surface area (Å²) in [6.45, 7) is 7.34. The van der Waals surface area contributed by atoms with Crippen LogP contribution in [-0.4, -0.2) is 55.0 Å². The molecule has 36 heavy (non-hydrogen) atoms. The topological polar surface area (TPSA) is 109 Å². The van der Waals surface area contributed by atoms with Crippen molar-refractivity contribution < 1.29 is 19.1 Å². The Hall–Kier alpha value is -2.87. The minimum Gasteiger partial charge on any atom is -0.492 e. The number of carbonyl (C=O) groups excluding carboxylic acids is 3. The van der Waals surface area contributed by atoms with Crippen LogP contribution in [-0.2, 0) is 14.4 Å². The molecule has 1 aliphatic carbocycles. The Bertz CT molecular complexity index is 926. The molecule has 0 saturated heterocycles. The van der Waals surface area contributed by atoms with Crippen molar-refractivity contribution in [3.63, 3.8) is 0 Å². The second-order valence-corrected chi connectivity index (χ2v) is 10.0. The molecule has 8 nitrogen and oxygen atoms in total. The van der Waals surface area contributed by atoms with Crippen molar-refractivity contribution in [2.45, 2.75) is 83.3 Å². The number of hydrogen-bond acceptors (Lipinski definition) is 5. The summed E-state index contributed by atoms with van der Waals surface area (Å²) in [4.78, 5) is 39.8. The van der Waals surface area contributed by atoms with Crippen LogP contribution < -0.4 is 26.0 Å². The second-order valence-electron chi connectivity index (χ2n) is 10.0. The van der Waals surface area contributed by atoms with Crippen LogP contribution in [0.3, 0.4) is 0 Å². The molecule has 1 heterocycles. The number of nitrogens with one attached hydrogen (secondary N) is 4. The van der Waals surface area contributed by atoms with Crippen molar-refractivity contribution in [2.75, 3.05) is 19.7 Å². The second kappa shape index (κ2) is 13.4. The molecule has 3 rings (SSSR count). The monoisotopic (exact) mass is 498 g/mol. The molecule has 0 bridgehead atoms. The molecule has 3 amide bonds. The number of fused-ring (bicyclic) bond motifs is 1. The van der Waals surface area contributed by atoms with Gasteiger partial charge in [0.1, 0.15) is 23.9 Å². The van der Waals surface area contributed by atoms with E-state index in [1.54, 1.807) is 0 Å². The Morgan fingerprint density at radius 1 is 1.06 bits per heavy atom. The van der Waals surface area contributed by atoms with E-state index in [4.69, 9.17) is 4.74 Å². The van der Waals surface area contributed by atoms with Crippen LogP contribution in [0.5, 0.6) is 5.75 Å². The highest BCUT2D eigenvalue weighted by Crippen LogP contribution is 2.30. The van der Waals surface area contributed by atoms with Gasteiger partial charge < -0.3 is 26.0 Å². The number of carbonyl (C=O) groups is 3. The van der Waals surface area contributed by atoms with Crippen molar-refractivity contribution in [2.24, 2.45) is 5.92 Å². The smallest absolute Gasteiger partial charge is 0.246 e. The summed E-state index contributed by atoms with van der Waals surface area (Å²) in [6.07, 6.45) is 8.73. The van der Waals surface area contributed by atoms with Gasteiger partial charge in [0, 0.05) is 18.7 Å². The van der Waals surface area contributed by atoms with E-state index in [0.717, 1.165) is 30.6 Å². The van der Waals surface area contributed by atoms with Gasteiger partial charge in [-0.25, -0.2) is 0 Å². The summed E-state index contributed by atoms with van der Waals surface area (Å²) in [5.74, 6) is 0.409. The predicted molar refractivity (Wildman–Crippen MR) is 141 cm³/mol. The lowest BCUT2D eigenvalue weighted by Gasteiger charge is -2.33. The zero-order chi connectivity index (χ0) is 26.0. The first kappa shape index (κ1) is 27.7. The lowest BCUT2D eigenvalue weighted by atomic mass is 9.93. The maximum absolute atomic E-state index is 13.5. The SMILES string of the molecule is CCC(C)CC1NCCOc2ccccc2/C=C/CNC(=O)C(CC)NC(=O)C2(CCCC2)NC1=O. The third-order valence-electron chi connectivity index (χ3n) is 7.30. The molecule has 1 spiro atoms. The van der Waals surface area contributed by atoms with Crippen LogP contribution in [0.15, 0.2) is 30.3 Å². The van der Waals surface area contributed by atoms with Gasteiger partial charge in [0.2, 0.25) is 17.7 Å². The molecular weight excluding hydrogens is 456 g/mol. The molecule has 8 heteroatoms. The minimum atomic E-state index is -0.985. The third-order valence-corrected chi connectivity index (χ3v) is 7.30. The van der Waals surface area contributed by atoms with E-state index in [1.165, 1.54) is 0 Å². The molecule has 1 aromatic carbocycles. The van der Waals surface area contributed by atoms with E-state index in [0.29, 0.717) is 51.3 Å². The number of hydrogen-bond donors (Lipinski definition) is 4. The Morgan fingerprint density at radius 2 is 1.81 bits per heavy atom. The fraction of sp³-hybridized carbons (Fsp3) is 0.607. The summed E-state index contributed by atoms with van der Waals surface area (Å²) >= 11 is 0. The van der Waals surface area contributed by atoms with Crippen LogP contribution >= 0.6 is 0 Å². The van der Waals surface area contributed by atoms with Crippen LogP contribution in [0.25, 0.3) is 6.08 Å². The zero-order valence-electron chi connectivity index (χ0n) is 21.9. The highest BCUT2D eigenvalue weighted by Gasteiger charge is 2.44. The van der Waals surface area contributed by atoms with Gasteiger partial charge in [0.05, 0.1) is 6.04 Å². The molecule has 198 valence electrons. The first-order valence-corrected chi connectivity index (χ1v) is 13.4. The first-order chi connectivity index (χ1) is 17.4. The fourth-order valence-corrected chi connectivity index (χ4v) is 4.82. The molecule has 1 aliphatic heterocycles. The summed E-state index contributed by atoms with van der Waals surface area (Å²) < 4.78 is 6.02. The van der Waals surface area contributed by atoms with Crippen LogP contribution in [0, 0.1) is 5.92 Å². The zero-order valence-corrected chi connectivity index (χ0v) is 21.9. The number of ether oxygens (including phenoxy) is 1. The van der Waals surface area contributed by atoms with E-state index < -0.39 is 17.6 Å². The Balaban J connectivity index is 1.86. The van der Waals surface area contributed by atoms with E-state index in [9.17, 15) is 14.4 Å². The molecule has 0 radical (unpaired) electrons. The molecule has 1 fully saturated rings. The van der Waals surface area contributed by atoms with Crippen LogP contribution in [0.4, 0.5) is 0 Å². The van der Waals surface area contributed by atoms with Gasteiger partial charge in [-0.1, -0.05) is 70.4 Å². The Labute approximate surface area is 215 Å². The average Bonchev–Trinajstić information content (AvgIpc) is 3.36. The van der Waals surface area contributed by atoms with Crippen molar-refractivity contribution in [3.8, 4) is 5.75 Å². The van der Waals surface area contributed by atoms with Gasteiger partial charge in [-0.3, -0.25) is 14.4 Å². The molecule has 1 aromatic rings. The van der Waals surface area contributed by atoms with E-state index >= 15 is 0 Å². The molecule has 3 unspecified atom stereocenters. The lowest BCUT2D eigenvalue weighted by Crippen LogP contribution is -2.63. The quantitative estimate of drug-likeness (QED) is 0.511. The third kappa shape index (κ3) is 7.32. The van der Waals surface area contributed by atoms with Gasteiger partial charge >= 0.3 is 0 Å². The highest BCUT2D eigenvalue weighted by molar-refractivity contribution is 5.96. The Morgan fingerprint density at radius 3 is 2.53 bits per heavy atom. The first-order valence-electron chi connectivity index (χ1n) is 13.4. The standard InChI is InChI=1S/C28H42N4O4/c1-4-20(3)19-23-26(34)32-28(14-8-9-15-28)27(35)31-22(5-2)25(33)30-16-10-12-21-11-6-7-13-24(21)36-18-17-29-23/h6-7,10-13,20,22-23,29H,4-5,8-9,14-19H2,1-3H3,(H,30,33)(H,31,35)(H,32,34)/b12-10+. The van der Waals surface area contributed by atoms with Gasteiger partial charge in [0.15, 0.2) is 0 Å². The minimum absolute atomic E-state index is 0.172. The molecule has 2 aliphatic rings. The Kier molecular flexibility index (Phi) is 10.3. The van der Waals surface area contributed by atoms with Gasteiger partial charge in [-0.15, -0.1) is 0 Å². The van der Waals surface area contributed by atoms with E-state index in [2.05, 4.69) is 35.1 Å². The fourth-order valence-electron chi connectivity index (χ4n) is 4.82. The number of para-hydroxylation sites is 1. The highest BCUT2D eigenvalue weighted by atomic mass is 16.5.